The van der Waals surface area contributed by atoms with E-state index in [9.17, 15) is 39.0 Å². The molecular formula is C27H30N4O9. The molecule has 0 heterocycles. The van der Waals surface area contributed by atoms with Crippen molar-refractivity contribution in [2.45, 2.75) is 24.5 Å². The van der Waals surface area contributed by atoms with Crippen molar-refractivity contribution in [1.29, 1.82) is 0 Å². The maximum absolute atomic E-state index is 13.9. The molecule has 13 heteroatoms. The van der Waals surface area contributed by atoms with Gasteiger partial charge in [-0.15, -0.1) is 6.42 Å². The van der Waals surface area contributed by atoms with Crippen LogP contribution >= 0.6 is 0 Å². The molecule has 5 N–H and O–H groups in total. The van der Waals surface area contributed by atoms with Gasteiger partial charge in [0.25, 0.3) is 0 Å². The van der Waals surface area contributed by atoms with Crippen LogP contribution in [0, 0.1) is 36.0 Å². The molecule has 0 saturated heterocycles. The molecule has 6 atom stereocenters. The number of nitrogens with zero attached hydrogens (tertiary/aromatic N) is 2. The molecule has 2 unspecified atom stereocenters. The normalized spacial score (nSPS) is 29.2. The molecule has 0 spiro atoms. The van der Waals surface area contributed by atoms with Gasteiger partial charge >= 0.3 is 6.09 Å². The fraction of sp³-hybridized carbons (Fsp3) is 0.481. The SMILES string of the molecule is C#CCOC(=O)Nc1cc(N(C)C)c2c(c1O)C(=O)C1C(=O)[C@]3(O)C(=O)C(C(N)=O)C(=O)[C@@H](N(C)C)[C@@H]3C[C@@H]1C2. The minimum atomic E-state index is -2.83. The number of rotatable bonds is 5. The first kappa shape index (κ1) is 28.7. The average molecular weight is 555 g/mol. The highest BCUT2D eigenvalue weighted by Gasteiger charge is 2.69. The maximum Gasteiger partial charge on any atom is 0.412 e. The van der Waals surface area contributed by atoms with Crippen molar-refractivity contribution in [2.75, 3.05) is 45.0 Å². The van der Waals surface area contributed by atoms with E-state index in [-0.39, 0.29) is 30.7 Å². The third kappa shape index (κ3) is 4.11. The monoisotopic (exact) mass is 554 g/mol. The van der Waals surface area contributed by atoms with E-state index >= 15 is 0 Å². The first-order valence-electron chi connectivity index (χ1n) is 12.5. The molecule has 13 nitrogen and oxygen atoms in total. The molecule has 2 fully saturated rings. The van der Waals surface area contributed by atoms with E-state index in [1.54, 1.807) is 19.0 Å². The molecule has 2 amide bonds. The number of aliphatic hydroxyl groups is 1. The molecule has 4 rings (SSSR count). The van der Waals surface area contributed by atoms with Gasteiger partial charge in [0, 0.05) is 25.7 Å². The van der Waals surface area contributed by atoms with Crippen LogP contribution < -0.4 is 16.0 Å². The van der Waals surface area contributed by atoms with Crippen molar-refractivity contribution in [3.63, 3.8) is 0 Å². The Bertz CT molecular complexity index is 1390. The number of likely N-dealkylation sites (N-methyl/N-ethyl adjacent to an activating group) is 1. The molecular weight excluding hydrogens is 524 g/mol. The molecule has 3 aliphatic carbocycles. The zero-order valence-corrected chi connectivity index (χ0v) is 22.4. The van der Waals surface area contributed by atoms with E-state index in [1.807, 2.05) is 0 Å². The fourth-order valence-corrected chi connectivity index (χ4v) is 6.40. The van der Waals surface area contributed by atoms with Crippen molar-refractivity contribution >= 4 is 46.5 Å². The number of aromatic hydroxyl groups is 1. The smallest absolute Gasteiger partial charge is 0.412 e. The number of carbonyl (C=O) groups is 6. The number of benzene rings is 1. The molecule has 3 aliphatic rings. The maximum atomic E-state index is 13.9. The highest BCUT2D eigenvalue weighted by Crippen LogP contribution is 2.52. The molecule has 1 aromatic rings. The third-order valence-electron chi connectivity index (χ3n) is 8.04. The molecule has 2 saturated carbocycles. The van der Waals surface area contributed by atoms with Gasteiger partial charge in [-0.2, -0.15) is 0 Å². The van der Waals surface area contributed by atoms with E-state index in [0.29, 0.717) is 11.3 Å². The van der Waals surface area contributed by atoms with Gasteiger partial charge in [0.2, 0.25) is 5.91 Å². The van der Waals surface area contributed by atoms with E-state index in [0.717, 1.165) is 0 Å². The number of primary amides is 1. The number of Topliss-reactive ketones (excluding diaryl/α,β-unsaturated/α-hetero) is 4. The number of phenols is 1. The van der Waals surface area contributed by atoms with Gasteiger partial charge in [0.15, 0.2) is 41.3 Å². The first-order chi connectivity index (χ1) is 18.7. The predicted molar refractivity (Wildman–Crippen MR) is 139 cm³/mol. The van der Waals surface area contributed by atoms with E-state index in [4.69, 9.17) is 16.9 Å². The summed E-state index contributed by atoms with van der Waals surface area (Å²) in [6, 6.07) is 0.247. The number of phenolic OH excluding ortho intramolecular Hbond substituents is 1. The van der Waals surface area contributed by atoms with Crippen LogP contribution in [0.1, 0.15) is 22.3 Å². The van der Waals surface area contributed by atoms with Gasteiger partial charge in [0.05, 0.1) is 23.2 Å². The van der Waals surface area contributed by atoms with Crippen LogP contribution in [0.5, 0.6) is 5.75 Å². The summed E-state index contributed by atoms with van der Waals surface area (Å²) in [6.45, 7) is -0.341. The second kappa shape index (κ2) is 10.0. The van der Waals surface area contributed by atoms with Gasteiger partial charge in [-0.3, -0.25) is 34.2 Å². The Balaban J connectivity index is 1.85. The van der Waals surface area contributed by atoms with E-state index < -0.39 is 76.2 Å². The van der Waals surface area contributed by atoms with Crippen molar-refractivity contribution in [1.82, 2.24) is 4.90 Å². The number of nitrogens with one attached hydrogen (secondary N) is 1. The lowest BCUT2D eigenvalue weighted by Crippen LogP contribution is -2.74. The molecule has 40 heavy (non-hydrogen) atoms. The van der Waals surface area contributed by atoms with Gasteiger partial charge in [0.1, 0.15) is 5.75 Å². The summed E-state index contributed by atoms with van der Waals surface area (Å²) in [6.07, 6.45) is 4.11. The van der Waals surface area contributed by atoms with E-state index in [2.05, 4.69) is 11.2 Å². The number of ketones is 4. The van der Waals surface area contributed by atoms with Gasteiger partial charge in [-0.1, -0.05) is 5.92 Å². The Morgan fingerprint density at radius 3 is 2.40 bits per heavy atom. The minimum absolute atomic E-state index is 0.0735. The molecule has 0 aromatic heterocycles. The summed E-state index contributed by atoms with van der Waals surface area (Å²) in [7, 11) is 6.39. The molecule has 1 aromatic carbocycles. The molecule has 0 radical (unpaired) electrons. The average Bonchev–Trinajstić information content (AvgIpc) is 2.85. The number of anilines is 2. The zero-order chi connectivity index (χ0) is 29.8. The lowest BCUT2D eigenvalue weighted by molar-refractivity contribution is -0.181. The Kier molecular flexibility index (Phi) is 7.21. The van der Waals surface area contributed by atoms with Crippen molar-refractivity contribution in [2.24, 2.45) is 29.4 Å². The minimum Gasteiger partial charge on any atom is -0.505 e. The number of nitrogens with two attached hydrogens (primary N) is 1. The summed E-state index contributed by atoms with van der Waals surface area (Å²) in [5.74, 6) is -9.58. The lowest BCUT2D eigenvalue weighted by Gasteiger charge is -2.52. The van der Waals surface area contributed by atoms with Crippen LogP contribution in [0.2, 0.25) is 0 Å². The predicted octanol–water partition coefficient (Wildman–Crippen LogP) is -0.885. The Morgan fingerprint density at radius 2 is 1.85 bits per heavy atom. The standard InChI is InChI=1S/C27H30N4O9/c1-6-7-40-26(38)29-14-10-15(30(2)3)12-8-11-9-13-19(31(4)5)22(34)18(25(28)37)24(36)27(13,39)23(35)16(11)21(33)17(12)20(14)32/h1,10-11,13,16,18-19,32,39H,7-9H2,2-5H3,(H2,28,37)(H,29,38)/t11-,13-,16?,18?,19-,27-/m0/s1. The summed E-state index contributed by atoms with van der Waals surface area (Å²) in [5.41, 5.74) is 2.90. The summed E-state index contributed by atoms with van der Waals surface area (Å²) < 4.78 is 4.79. The summed E-state index contributed by atoms with van der Waals surface area (Å²) >= 11 is 0. The van der Waals surface area contributed by atoms with Crippen LogP contribution in [0.4, 0.5) is 16.2 Å². The van der Waals surface area contributed by atoms with E-state index in [1.165, 1.54) is 25.1 Å². The summed E-state index contributed by atoms with van der Waals surface area (Å²) in [5, 5.41) is 25.1. The third-order valence-corrected chi connectivity index (χ3v) is 8.04. The number of terminal acetylenes is 1. The van der Waals surface area contributed by atoms with Crippen LogP contribution in [0.25, 0.3) is 0 Å². The van der Waals surface area contributed by atoms with Crippen LogP contribution in [0.15, 0.2) is 6.07 Å². The second-order valence-corrected chi connectivity index (χ2v) is 10.7. The van der Waals surface area contributed by atoms with Crippen molar-refractivity contribution in [3.8, 4) is 18.1 Å². The molecule has 212 valence electrons. The van der Waals surface area contributed by atoms with Crippen LogP contribution in [0.3, 0.4) is 0 Å². The number of carbonyl (C=O) groups excluding carboxylic acids is 6. The van der Waals surface area contributed by atoms with Gasteiger partial charge in [-0.05, 0) is 44.5 Å². The molecule has 0 aliphatic heterocycles. The quantitative estimate of drug-likeness (QED) is 0.200. The summed E-state index contributed by atoms with van der Waals surface area (Å²) in [4.78, 5) is 81.7. The lowest BCUT2D eigenvalue weighted by atomic mass is 9.52. The first-order valence-corrected chi connectivity index (χ1v) is 12.5. The van der Waals surface area contributed by atoms with Crippen molar-refractivity contribution < 1.29 is 43.7 Å². The Hall–Kier alpha value is -4.28. The number of fused-ring (bicyclic) bond motifs is 3. The van der Waals surface area contributed by atoms with Gasteiger partial charge < -0.3 is 25.6 Å². The highest BCUT2D eigenvalue weighted by atomic mass is 16.5. The zero-order valence-electron chi connectivity index (χ0n) is 22.4. The second-order valence-electron chi connectivity index (χ2n) is 10.7. The van der Waals surface area contributed by atoms with Crippen molar-refractivity contribution in [3.05, 3.63) is 17.2 Å². The number of ether oxygens (including phenoxy) is 1. The number of hydrogen-bond donors (Lipinski definition) is 4. The Morgan fingerprint density at radius 1 is 1.20 bits per heavy atom. The number of amides is 2. The molecule has 0 bridgehead atoms. The van der Waals surface area contributed by atoms with Crippen LogP contribution in [-0.4, -0.2) is 96.7 Å². The fourth-order valence-electron chi connectivity index (χ4n) is 6.40. The number of hydrogen-bond acceptors (Lipinski definition) is 11. The highest BCUT2D eigenvalue weighted by molar-refractivity contribution is 6.32. The largest absolute Gasteiger partial charge is 0.505 e. The topological polar surface area (TPSA) is 197 Å². The van der Waals surface area contributed by atoms with Crippen LogP contribution in [-0.2, 0) is 30.3 Å². The Labute approximate surface area is 229 Å². The van der Waals surface area contributed by atoms with Gasteiger partial charge in [-0.25, -0.2) is 4.79 Å².